The van der Waals surface area contributed by atoms with Crippen LogP contribution in [-0.2, 0) is 4.74 Å². The molecule has 0 aliphatic carbocycles. The molecule has 0 radical (unpaired) electrons. The minimum absolute atomic E-state index is 0.350. The summed E-state index contributed by atoms with van der Waals surface area (Å²) in [4.78, 5) is 12.3. The van der Waals surface area contributed by atoms with E-state index in [1.807, 2.05) is 37.3 Å². The van der Waals surface area contributed by atoms with E-state index in [4.69, 9.17) is 9.16 Å². The van der Waals surface area contributed by atoms with Crippen molar-refractivity contribution >= 4 is 25.3 Å². The van der Waals surface area contributed by atoms with Crippen molar-refractivity contribution in [2.75, 3.05) is 6.61 Å². The van der Waals surface area contributed by atoms with Gasteiger partial charge in [-0.15, -0.1) is 0 Å². The summed E-state index contributed by atoms with van der Waals surface area (Å²) in [5, 5.41) is 0.946. The number of fused-ring (bicyclic) bond motifs is 1. The molecule has 1 heterocycles. The van der Waals surface area contributed by atoms with E-state index < -0.39 is 8.32 Å². The first kappa shape index (κ1) is 20.4. The van der Waals surface area contributed by atoms with Gasteiger partial charge in [0.1, 0.15) is 5.75 Å². The van der Waals surface area contributed by atoms with Gasteiger partial charge < -0.3 is 9.16 Å². The number of carbonyl (C=O) groups excluding carboxylic acids is 1. The van der Waals surface area contributed by atoms with E-state index in [1.165, 1.54) is 0 Å². The van der Waals surface area contributed by atoms with Crippen molar-refractivity contribution in [3.05, 3.63) is 36.5 Å². The Hall–Kier alpha value is -1.88. The monoisotopic (exact) mass is 374 g/mol. The van der Waals surface area contributed by atoms with Gasteiger partial charge in [-0.05, 0) is 29.6 Å². The predicted octanol–water partition coefficient (Wildman–Crippen LogP) is 5.69. The minimum Gasteiger partial charge on any atom is -0.542 e. The van der Waals surface area contributed by atoms with E-state index in [-0.39, 0.29) is 6.09 Å². The van der Waals surface area contributed by atoms with E-state index in [1.54, 1.807) is 10.8 Å². The first-order valence-electron chi connectivity index (χ1n) is 9.55. The number of nitrogens with zero attached hydrogens (tertiary/aromatic N) is 1. The van der Waals surface area contributed by atoms with Crippen molar-refractivity contribution in [3.63, 3.8) is 0 Å². The summed E-state index contributed by atoms with van der Waals surface area (Å²) in [5.74, 6) is 0.865. The smallest absolute Gasteiger partial charge is 0.542 e. The van der Waals surface area contributed by atoms with Crippen molar-refractivity contribution in [1.82, 2.24) is 0 Å². The van der Waals surface area contributed by atoms with Gasteiger partial charge in [0, 0.05) is 12.1 Å². The summed E-state index contributed by atoms with van der Waals surface area (Å²) >= 11 is 0. The second-order valence-electron chi connectivity index (χ2n) is 7.69. The quantitative estimate of drug-likeness (QED) is 0.482. The van der Waals surface area contributed by atoms with Crippen LogP contribution in [0.3, 0.4) is 0 Å². The zero-order valence-corrected chi connectivity index (χ0v) is 18.1. The van der Waals surface area contributed by atoms with Crippen LogP contribution in [0.25, 0.3) is 10.9 Å². The summed E-state index contributed by atoms with van der Waals surface area (Å²) in [6.45, 7) is 15.8. The van der Waals surface area contributed by atoms with Crippen molar-refractivity contribution in [3.8, 4) is 5.75 Å². The Morgan fingerprint density at radius 3 is 2.12 bits per heavy atom. The van der Waals surface area contributed by atoms with Crippen LogP contribution in [0.4, 0.5) is 4.79 Å². The maximum Gasteiger partial charge on any atom is 0.602 e. The number of carbonyl (C=O) groups is 1. The van der Waals surface area contributed by atoms with Crippen LogP contribution in [0.15, 0.2) is 36.5 Å². The molecular weight excluding hydrogens is 342 g/mol. The van der Waals surface area contributed by atoms with Crippen LogP contribution in [0.2, 0.25) is 16.6 Å². The SMILES string of the molecule is CCOC(=O)[n+]1ccc(O[Si](C(C)C)(C(C)C)C(C)C)c2ccccc21. The lowest BCUT2D eigenvalue weighted by Crippen LogP contribution is -2.51. The van der Waals surface area contributed by atoms with E-state index in [0.717, 1.165) is 16.7 Å². The molecule has 0 saturated carbocycles. The Morgan fingerprint density at radius 1 is 1.00 bits per heavy atom. The largest absolute Gasteiger partial charge is 0.602 e. The second-order valence-corrected chi connectivity index (χ2v) is 13.1. The van der Waals surface area contributed by atoms with Crippen LogP contribution >= 0.6 is 0 Å². The van der Waals surface area contributed by atoms with E-state index in [9.17, 15) is 4.79 Å². The number of rotatable bonds is 6. The Balaban J connectivity index is 2.61. The molecule has 0 amide bonds. The number of benzene rings is 1. The van der Waals surface area contributed by atoms with Crippen molar-refractivity contribution in [2.45, 2.75) is 65.1 Å². The summed E-state index contributed by atoms with van der Waals surface area (Å²) in [5.41, 5.74) is 2.26. The molecule has 1 aromatic carbocycles. The highest BCUT2D eigenvalue weighted by atomic mass is 28.4. The van der Waals surface area contributed by atoms with Gasteiger partial charge in [0.15, 0.2) is 6.20 Å². The standard InChI is InChI=1S/C21H32NO3Si/c1-8-24-21(23)22-14-13-20(18-11-9-10-12-19(18)22)25-26(15(2)3,16(4)5)17(6)7/h9-17H,8H2,1-7H3/q+1. The molecule has 0 atom stereocenters. The average molecular weight is 375 g/mol. The van der Waals surface area contributed by atoms with Gasteiger partial charge in [0.25, 0.3) is 8.32 Å². The van der Waals surface area contributed by atoms with E-state index >= 15 is 0 Å². The van der Waals surface area contributed by atoms with Crippen molar-refractivity contribution < 1.29 is 18.5 Å². The molecule has 0 aliphatic rings. The van der Waals surface area contributed by atoms with Crippen LogP contribution in [0.5, 0.6) is 5.75 Å². The lowest BCUT2D eigenvalue weighted by Gasteiger charge is -2.42. The van der Waals surface area contributed by atoms with Gasteiger partial charge in [0.2, 0.25) is 5.52 Å². The number of ether oxygens (including phenoxy) is 1. The Morgan fingerprint density at radius 2 is 1.58 bits per heavy atom. The molecule has 0 fully saturated rings. The lowest BCUT2D eigenvalue weighted by atomic mass is 10.2. The maximum atomic E-state index is 12.3. The number of hydrogen-bond acceptors (Lipinski definition) is 3. The molecule has 4 nitrogen and oxygen atoms in total. The molecule has 0 N–H and O–H groups in total. The van der Waals surface area contributed by atoms with Gasteiger partial charge in [-0.2, -0.15) is 4.79 Å². The fourth-order valence-electron chi connectivity index (χ4n) is 4.19. The molecule has 5 heteroatoms. The topological polar surface area (TPSA) is 39.4 Å². The first-order valence-corrected chi connectivity index (χ1v) is 11.7. The molecule has 2 rings (SSSR count). The Labute approximate surface area is 158 Å². The third-order valence-electron chi connectivity index (χ3n) is 5.26. The van der Waals surface area contributed by atoms with Crippen LogP contribution < -0.4 is 8.99 Å². The Kier molecular flexibility index (Phi) is 6.45. The van der Waals surface area contributed by atoms with E-state index in [0.29, 0.717) is 23.2 Å². The Bertz CT molecular complexity index is 749. The van der Waals surface area contributed by atoms with Gasteiger partial charge in [0.05, 0.1) is 12.0 Å². The summed E-state index contributed by atoms with van der Waals surface area (Å²) < 4.78 is 13.6. The molecule has 142 valence electrons. The first-order chi connectivity index (χ1) is 12.3. The highest BCUT2D eigenvalue weighted by molar-refractivity contribution is 6.78. The lowest BCUT2D eigenvalue weighted by molar-refractivity contribution is -0.558. The molecule has 0 aliphatic heterocycles. The van der Waals surface area contributed by atoms with Crippen LogP contribution in [-0.4, -0.2) is 21.0 Å². The molecule has 0 saturated heterocycles. The molecule has 2 aromatic rings. The number of hydrogen-bond donors (Lipinski definition) is 0. The zero-order chi connectivity index (χ0) is 19.5. The highest BCUT2D eigenvalue weighted by Gasteiger charge is 2.47. The summed E-state index contributed by atoms with van der Waals surface area (Å²) in [6, 6.07) is 9.77. The maximum absolute atomic E-state index is 12.3. The minimum atomic E-state index is -2.07. The molecule has 0 unspecified atom stereocenters. The van der Waals surface area contributed by atoms with Crippen molar-refractivity contribution in [2.24, 2.45) is 0 Å². The number of pyridine rings is 1. The molecule has 26 heavy (non-hydrogen) atoms. The molecule has 1 aromatic heterocycles. The van der Waals surface area contributed by atoms with Gasteiger partial charge in [-0.3, -0.25) is 0 Å². The van der Waals surface area contributed by atoms with Crippen LogP contribution in [0.1, 0.15) is 48.5 Å². The van der Waals surface area contributed by atoms with Gasteiger partial charge >= 0.3 is 6.09 Å². The fraction of sp³-hybridized carbons (Fsp3) is 0.524. The fourth-order valence-corrected chi connectivity index (χ4v) is 9.46. The predicted molar refractivity (Wildman–Crippen MR) is 108 cm³/mol. The van der Waals surface area contributed by atoms with E-state index in [2.05, 4.69) is 41.5 Å². The molecule has 0 bridgehead atoms. The highest BCUT2D eigenvalue weighted by Crippen LogP contribution is 2.43. The third-order valence-corrected chi connectivity index (χ3v) is 11.3. The second kappa shape index (κ2) is 8.21. The van der Waals surface area contributed by atoms with Gasteiger partial charge in [-0.25, -0.2) is 0 Å². The van der Waals surface area contributed by atoms with Crippen molar-refractivity contribution in [1.29, 1.82) is 0 Å². The molecule has 0 spiro atoms. The van der Waals surface area contributed by atoms with Crippen LogP contribution in [0, 0.1) is 0 Å². The summed E-state index contributed by atoms with van der Waals surface area (Å²) in [7, 11) is -2.07. The number of para-hydroxylation sites is 1. The number of aromatic nitrogens is 1. The zero-order valence-electron chi connectivity index (χ0n) is 17.1. The molecular formula is C21H32NO3Si+. The normalized spacial score (nSPS) is 12.2. The average Bonchev–Trinajstić information content (AvgIpc) is 2.58. The third kappa shape index (κ3) is 3.63. The van der Waals surface area contributed by atoms with Gasteiger partial charge in [-0.1, -0.05) is 58.2 Å². The summed E-state index contributed by atoms with van der Waals surface area (Å²) in [6.07, 6.45) is 1.39.